The summed E-state index contributed by atoms with van der Waals surface area (Å²) >= 11 is 0. The number of H-pyrrole nitrogens is 1. The van der Waals surface area contributed by atoms with Gasteiger partial charge in [-0.25, -0.2) is 13.8 Å². The molecular weight excluding hydrogens is 1100 g/mol. The third-order valence-corrected chi connectivity index (χ3v) is 15.6. The van der Waals surface area contributed by atoms with Gasteiger partial charge in [0.15, 0.2) is 0 Å². The van der Waals surface area contributed by atoms with Crippen molar-refractivity contribution in [3.63, 3.8) is 0 Å². The summed E-state index contributed by atoms with van der Waals surface area (Å²) in [5, 5.41) is 5.64. The third-order valence-electron chi connectivity index (χ3n) is 15.6. The van der Waals surface area contributed by atoms with E-state index in [0.717, 1.165) is 52.6 Å². The summed E-state index contributed by atoms with van der Waals surface area (Å²) < 4.78 is 28.1. The molecule has 2 aliphatic rings. The van der Waals surface area contributed by atoms with Crippen LogP contribution in [0.15, 0.2) is 113 Å². The molecule has 0 saturated heterocycles. The van der Waals surface area contributed by atoms with E-state index >= 15 is 0 Å². The van der Waals surface area contributed by atoms with Gasteiger partial charge < -0.3 is 15.6 Å². The van der Waals surface area contributed by atoms with E-state index in [9.17, 15) is 18.4 Å². The van der Waals surface area contributed by atoms with Gasteiger partial charge in [-0.2, -0.15) is 0 Å². The number of fused-ring (bicyclic) bond motifs is 2. The predicted molar refractivity (Wildman–Crippen MR) is 379 cm³/mol. The van der Waals surface area contributed by atoms with Gasteiger partial charge in [0.25, 0.3) is 0 Å². The summed E-state index contributed by atoms with van der Waals surface area (Å²) in [6.07, 6.45) is 3.72. The first-order chi connectivity index (χ1) is 40.1. The van der Waals surface area contributed by atoms with Crippen molar-refractivity contribution in [2.75, 3.05) is 10.6 Å². The number of nitrogens with one attached hydrogen (secondary N) is 3. The van der Waals surface area contributed by atoms with E-state index in [1.54, 1.807) is 18.2 Å². The lowest BCUT2D eigenvalue weighted by Crippen LogP contribution is -2.27. The maximum Gasteiger partial charge on any atom is 0.229 e. The molecular formula is C79H114F2N6O2. The van der Waals surface area contributed by atoms with Crippen LogP contribution in [-0.4, -0.2) is 33.2 Å². The summed E-state index contributed by atoms with van der Waals surface area (Å²) in [6, 6.07) is 32.0. The molecule has 2 amide bonds. The fourth-order valence-corrected chi connectivity index (χ4v) is 9.19. The number of carbonyl (C=O) groups excluding carboxylic acids is 2. The molecule has 5 aromatic carbocycles. The van der Waals surface area contributed by atoms with Gasteiger partial charge >= 0.3 is 0 Å². The Balaban J connectivity index is 0.000000238. The number of hydrogen-bond donors (Lipinski definition) is 3. The van der Waals surface area contributed by atoms with Crippen molar-refractivity contribution in [1.29, 1.82) is 0 Å². The molecule has 486 valence electrons. The number of anilines is 2. The van der Waals surface area contributed by atoms with Crippen LogP contribution >= 0.6 is 0 Å². The van der Waals surface area contributed by atoms with Crippen molar-refractivity contribution in [2.24, 2.45) is 31.6 Å². The van der Waals surface area contributed by atoms with Gasteiger partial charge in [-0.1, -0.05) is 262 Å². The monoisotopic (exact) mass is 1220 g/mol. The molecule has 0 fully saturated rings. The molecule has 6 aromatic rings. The number of nitrogens with zero attached hydrogens (tertiary/aromatic N) is 3. The normalized spacial score (nSPS) is 13.8. The highest BCUT2D eigenvalue weighted by Crippen LogP contribution is 2.39. The lowest BCUT2D eigenvalue weighted by Gasteiger charge is -2.21. The van der Waals surface area contributed by atoms with E-state index in [0.29, 0.717) is 11.3 Å². The summed E-state index contributed by atoms with van der Waals surface area (Å²) in [6.45, 7) is 62.8. The lowest BCUT2D eigenvalue weighted by molar-refractivity contribution is -0.123. The highest BCUT2D eigenvalue weighted by molar-refractivity contribution is 5.98. The Morgan fingerprint density at radius 2 is 0.787 bits per heavy atom. The number of halogens is 2. The fourth-order valence-electron chi connectivity index (χ4n) is 9.19. The van der Waals surface area contributed by atoms with Crippen molar-refractivity contribution < 1.29 is 18.4 Å². The minimum atomic E-state index is -0.487. The number of benzene rings is 5. The quantitative estimate of drug-likeness (QED) is 0.164. The van der Waals surface area contributed by atoms with E-state index in [-0.39, 0.29) is 72.2 Å². The molecule has 0 saturated carbocycles. The largest absolute Gasteiger partial charge is 0.342 e. The summed E-state index contributed by atoms with van der Waals surface area (Å²) in [7, 11) is 0. The van der Waals surface area contributed by atoms with Gasteiger partial charge in [-0.15, -0.1) is 0 Å². The molecule has 0 aliphatic carbocycles. The second kappa shape index (κ2) is 27.5. The van der Waals surface area contributed by atoms with Gasteiger partial charge in [-0.05, 0) is 114 Å². The van der Waals surface area contributed by atoms with Crippen LogP contribution in [0.1, 0.15) is 252 Å². The topological polar surface area (TPSA) is 112 Å². The number of hydrogen-bond acceptors (Lipinski definition) is 5. The van der Waals surface area contributed by atoms with Crippen LogP contribution in [0.5, 0.6) is 0 Å². The Labute approximate surface area is 537 Å². The van der Waals surface area contributed by atoms with E-state index in [1.807, 2.05) is 107 Å². The summed E-state index contributed by atoms with van der Waals surface area (Å²) in [5.74, 6) is 0.564. The number of carbonyl (C=O) groups is 2. The van der Waals surface area contributed by atoms with Crippen LogP contribution in [0.2, 0.25) is 0 Å². The number of aliphatic imine (C=N–C) groups is 2. The van der Waals surface area contributed by atoms with Gasteiger partial charge in [0.1, 0.15) is 17.5 Å². The van der Waals surface area contributed by atoms with E-state index in [1.165, 1.54) is 45.3 Å². The molecule has 0 radical (unpaired) electrons. The molecule has 0 unspecified atom stereocenters. The minimum absolute atomic E-state index is 0.0426. The van der Waals surface area contributed by atoms with Gasteiger partial charge in [0.05, 0.1) is 23.3 Å². The van der Waals surface area contributed by atoms with Crippen LogP contribution < -0.4 is 10.6 Å². The maximum atomic E-state index is 14.1. The van der Waals surface area contributed by atoms with Crippen LogP contribution in [0.3, 0.4) is 0 Å². The molecule has 0 bridgehead atoms. The van der Waals surface area contributed by atoms with Crippen molar-refractivity contribution in [3.8, 4) is 11.3 Å². The van der Waals surface area contributed by atoms with Gasteiger partial charge in [0, 0.05) is 62.7 Å². The number of aromatic nitrogens is 2. The molecule has 0 spiro atoms. The lowest BCUT2D eigenvalue weighted by atomic mass is 9.84. The first-order valence-electron chi connectivity index (χ1n) is 31.9. The van der Waals surface area contributed by atoms with Gasteiger partial charge in [0.2, 0.25) is 11.8 Å². The Morgan fingerprint density at radius 3 is 1.18 bits per heavy atom. The Hall–Kier alpha value is -6.55. The number of amides is 2. The molecule has 2 aliphatic heterocycles. The van der Waals surface area contributed by atoms with Crippen LogP contribution in [0.4, 0.5) is 31.5 Å². The number of rotatable bonds is 3. The minimum Gasteiger partial charge on any atom is -0.342 e. The van der Waals surface area contributed by atoms with E-state index < -0.39 is 5.41 Å². The van der Waals surface area contributed by atoms with Crippen molar-refractivity contribution >= 4 is 46.0 Å². The van der Waals surface area contributed by atoms with E-state index in [2.05, 4.69) is 205 Å². The molecule has 0 atom stereocenters. The van der Waals surface area contributed by atoms with Crippen LogP contribution in [0.25, 0.3) is 11.3 Å². The number of imidazole rings is 1. The molecule has 8 rings (SSSR count). The second-order valence-corrected chi connectivity index (χ2v) is 34.7. The van der Waals surface area contributed by atoms with Crippen molar-refractivity contribution in [1.82, 2.24) is 9.97 Å². The van der Waals surface area contributed by atoms with Crippen molar-refractivity contribution in [2.45, 2.75) is 253 Å². The highest BCUT2D eigenvalue weighted by Gasteiger charge is 2.30. The smallest absolute Gasteiger partial charge is 0.229 e. The zero-order valence-electron chi connectivity index (χ0n) is 60.6. The molecule has 89 heavy (non-hydrogen) atoms. The SMILES string of the molecule is CC(C)(C)C(=O)Nc1ccc(C(C)(C)C)c(F)c1.CC(C)(C)C(=O)Nc1ccc(C(C)(C)C)cc1.CC(C)(C)C1=Nc2cc(C(C)(C)C)c(F)cc2C1.CC(C)(C)C1=Nc2cc(C(C)(C)C)ccc2C1.CC(C)(C)c1ccc(-c2cnc(C(C)(C)C)[nH]2)cc1. The average Bonchev–Trinajstić information content (AvgIpc) is 1.80. The fraction of sp³-hybridized carbons (Fsp3) is 0.532. The predicted octanol–water partition coefficient (Wildman–Crippen LogP) is 22.2. The average molecular weight is 1220 g/mol. The Bertz CT molecular complexity index is 3450. The third kappa shape index (κ3) is 22.1. The van der Waals surface area contributed by atoms with Crippen molar-refractivity contribution in [3.05, 3.63) is 160 Å². The Kier molecular flexibility index (Phi) is 23.1. The molecule has 3 N–H and O–H groups in total. The number of aromatic amines is 1. The highest BCUT2D eigenvalue weighted by atomic mass is 19.1. The zero-order chi connectivity index (χ0) is 68.2. The maximum absolute atomic E-state index is 14.1. The first-order valence-corrected chi connectivity index (χ1v) is 31.9. The molecule has 10 heteroatoms. The molecule has 8 nitrogen and oxygen atoms in total. The first kappa shape index (κ1) is 74.9. The van der Waals surface area contributed by atoms with Crippen LogP contribution in [-0.2, 0) is 54.9 Å². The zero-order valence-corrected chi connectivity index (χ0v) is 60.6. The van der Waals surface area contributed by atoms with E-state index in [4.69, 9.17) is 4.99 Å². The Morgan fingerprint density at radius 1 is 0.393 bits per heavy atom. The molecule has 3 heterocycles. The van der Waals surface area contributed by atoms with Crippen LogP contribution in [0, 0.1) is 33.3 Å². The summed E-state index contributed by atoms with van der Waals surface area (Å²) in [5.41, 5.74) is 15.6. The standard InChI is InChI=1S/C17H24N2.C16H22FN.C16H23N.C15H22FNO.C15H23NO/c1-16(2,3)13-9-7-12(8-10-13)14-11-18-15(19-14)17(4,5)6;1-15(2,3)11-9-13-10(7-12(11)17)8-14(18-13)16(4,5)6;1-15(2,3)12-8-7-11-9-14(16(4,5)6)17-13(11)10-12;1-14(2,3)11-8-7-10(9-12(11)16)17-13(18)15(4,5)6;1-14(2,3)11-7-9-12(10-8-11)16-13(17)15(4,5)6/h7-11H,1-6H3,(H,18,19);7,9H,8H2,1-6H3;7-8,10H,9H2,1-6H3;7-9H,1-6H3,(H,17,18);7-10H,1-6H3,(H,16,17). The van der Waals surface area contributed by atoms with Gasteiger partial charge in [-0.3, -0.25) is 19.6 Å². The second-order valence-electron chi connectivity index (χ2n) is 34.7. The molecule has 1 aromatic heterocycles. The summed E-state index contributed by atoms with van der Waals surface area (Å²) in [4.78, 5) is 41.0.